The molecule has 94 heavy (non-hydrogen) atoms. The molecular weight excluding hydrogens is 1180 g/mol. The summed E-state index contributed by atoms with van der Waals surface area (Å²) >= 11 is 3.74. The fourth-order valence-corrected chi connectivity index (χ4v) is 19.1. The van der Waals surface area contributed by atoms with Gasteiger partial charge in [-0.25, -0.2) is 0 Å². The van der Waals surface area contributed by atoms with Gasteiger partial charge in [0.2, 0.25) is 0 Å². The van der Waals surface area contributed by atoms with Gasteiger partial charge in [-0.2, -0.15) is 0 Å². The first-order valence-corrected chi connectivity index (χ1v) is 33.8. The quantitative estimate of drug-likeness (QED) is 0.160. The SMILES string of the molecule is c1ccc2c(c1)B1c3ccccc3N(c3cccc4c3sc3ccccc34)c3cccc(c31)N2c1cc(-c2ccc3c(c2)B2c4ccccc4N(c4ccc5sc6ccccc6c5c4)c4cccc(c42)N3c2cccc3oc4ccccc4c23)c2oc3ccccc3c2c1. The summed E-state index contributed by atoms with van der Waals surface area (Å²) in [5.41, 5.74) is 26.8. The Hall–Kier alpha value is -11.6. The number of thiophene rings is 2. The molecule has 4 aliphatic rings. The van der Waals surface area contributed by atoms with Gasteiger partial charge in [-0.1, -0.05) is 170 Å². The zero-order chi connectivity index (χ0) is 61.0. The molecule has 4 aromatic heterocycles. The molecule has 0 atom stereocenters. The molecule has 0 unspecified atom stereocenters. The van der Waals surface area contributed by atoms with E-state index in [0.29, 0.717) is 0 Å². The summed E-state index contributed by atoms with van der Waals surface area (Å²) in [6.45, 7) is -0.156. The first-order valence-electron chi connectivity index (χ1n) is 32.2. The highest BCUT2D eigenvalue weighted by atomic mass is 32.1. The lowest BCUT2D eigenvalue weighted by atomic mass is 9.33. The van der Waals surface area contributed by atoms with Gasteiger partial charge in [0.25, 0.3) is 13.4 Å². The molecule has 6 nitrogen and oxygen atoms in total. The van der Waals surface area contributed by atoms with Crippen LogP contribution in [0.4, 0.5) is 68.2 Å². The predicted molar refractivity (Wildman–Crippen MR) is 400 cm³/mol. The predicted octanol–water partition coefficient (Wildman–Crippen LogP) is 20.1. The third-order valence-corrected chi connectivity index (χ3v) is 23.0. The normalized spacial score (nSPS) is 13.6. The summed E-state index contributed by atoms with van der Waals surface area (Å²) in [4.78, 5) is 10.1. The van der Waals surface area contributed by atoms with E-state index in [9.17, 15) is 0 Å². The van der Waals surface area contributed by atoms with E-state index in [1.54, 1.807) is 0 Å². The molecule has 0 saturated carbocycles. The van der Waals surface area contributed by atoms with E-state index < -0.39 is 0 Å². The van der Waals surface area contributed by atoms with Crippen LogP contribution in [0.5, 0.6) is 0 Å². The van der Waals surface area contributed by atoms with Crippen molar-refractivity contribution in [3.63, 3.8) is 0 Å². The number of anilines is 12. The monoisotopic (exact) mass is 1230 g/mol. The molecule has 8 heterocycles. The minimum absolute atomic E-state index is 0.0133. The van der Waals surface area contributed by atoms with Gasteiger partial charge in [-0.15, -0.1) is 22.7 Å². The molecule has 0 spiro atoms. The van der Waals surface area contributed by atoms with Crippen LogP contribution in [0.3, 0.4) is 0 Å². The standard InChI is InChI=1S/C84H48B2N4O2S2/c1-11-36-74-52(19-1)59-48-51(88-65-28-9-5-24-60(65)85-62-26-7-10-29-66(62)90(72-34-17-32-70(88)81(72)85)73-35-15-23-55-53-20-3-14-40-78(53)94-84(55)73)47-57(83(59)92-74)49-41-43-67-63(45-49)86-61-25-6-8-27-64(61)87(50-42-44-79-58(46-50)54-21-4-13-39-77(54)93-79)69-31-16-33-71(82(69)86)89(67)68-30-18-38-76-80(68)56-22-2-12-37-75(56)91-76/h1-48H. The van der Waals surface area contributed by atoms with Crippen LogP contribution in [-0.2, 0) is 0 Å². The average molecular weight is 1230 g/mol. The Balaban J connectivity index is 0.784. The van der Waals surface area contributed by atoms with Crippen molar-refractivity contribution in [1.82, 2.24) is 0 Å². The van der Waals surface area contributed by atoms with Gasteiger partial charge in [0.05, 0.1) is 21.5 Å². The van der Waals surface area contributed by atoms with Gasteiger partial charge in [-0.3, -0.25) is 0 Å². The van der Waals surface area contributed by atoms with Crippen molar-refractivity contribution < 1.29 is 8.83 Å². The number of para-hydroxylation sites is 5. The second-order valence-electron chi connectivity index (χ2n) is 25.3. The molecule has 0 radical (unpaired) electrons. The Bertz CT molecular complexity index is 6360. The Kier molecular flexibility index (Phi) is 10.3. The topological polar surface area (TPSA) is 39.2 Å². The van der Waals surface area contributed by atoms with Gasteiger partial charge in [0, 0.05) is 114 Å². The number of hydrogen-bond acceptors (Lipinski definition) is 8. The van der Waals surface area contributed by atoms with E-state index in [2.05, 4.69) is 311 Å². The van der Waals surface area contributed by atoms with Gasteiger partial charge >= 0.3 is 0 Å². The molecule has 0 saturated heterocycles. The van der Waals surface area contributed by atoms with Crippen molar-refractivity contribution >= 4 is 221 Å². The molecule has 10 heteroatoms. The van der Waals surface area contributed by atoms with E-state index in [-0.39, 0.29) is 13.4 Å². The fourth-order valence-electron chi connectivity index (χ4n) is 16.8. The smallest absolute Gasteiger partial charge is 0.252 e. The van der Waals surface area contributed by atoms with Crippen molar-refractivity contribution in [3.8, 4) is 11.1 Å². The van der Waals surface area contributed by atoms with Crippen molar-refractivity contribution in [1.29, 1.82) is 0 Å². The highest BCUT2D eigenvalue weighted by Gasteiger charge is 2.46. The summed E-state index contributed by atoms with van der Waals surface area (Å²) < 4.78 is 19.1. The maximum atomic E-state index is 7.22. The lowest BCUT2D eigenvalue weighted by molar-refractivity contribution is 0.669. The Morgan fingerprint density at radius 3 is 1.46 bits per heavy atom. The van der Waals surface area contributed by atoms with E-state index in [1.165, 1.54) is 95.9 Å². The van der Waals surface area contributed by atoms with Crippen LogP contribution in [0.2, 0.25) is 0 Å². The minimum Gasteiger partial charge on any atom is -0.456 e. The molecule has 0 aliphatic carbocycles. The van der Waals surface area contributed by atoms with Crippen LogP contribution in [0, 0.1) is 0 Å². The summed E-state index contributed by atoms with van der Waals surface area (Å²) in [7, 11) is 0. The van der Waals surface area contributed by atoms with Crippen molar-refractivity contribution in [2.45, 2.75) is 0 Å². The van der Waals surface area contributed by atoms with E-state index in [1.807, 2.05) is 22.7 Å². The molecule has 14 aromatic carbocycles. The first-order chi connectivity index (χ1) is 46.6. The third kappa shape index (κ3) is 6.89. The molecule has 18 aromatic rings. The van der Waals surface area contributed by atoms with Crippen molar-refractivity contribution in [2.24, 2.45) is 0 Å². The van der Waals surface area contributed by atoms with Crippen molar-refractivity contribution in [2.75, 3.05) is 19.6 Å². The number of rotatable bonds is 5. The maximum absolute atomic E-state index is 7.22. The van der Waals surface area contributed by atoms with Gasteiger partial charge in [0.1, 0.15) is 22.3 Å². The minimum atomic E-state index is -0.142. The van der Waals surface area contributed by atoms with Crippen LogP contribution in [-0.4, -0.2) is 13.4 Å². The van der Waals surface area contributed by atoms with Crippen molar-refractivity contribution in [3.05, 3.63) is 291 Å². The molecule has 0 amide bonds. The summed E-state index contributed by atoms with van der Waals surface area (Å²) in [5, 5.41) is 9.43. The third-order valence-electron chi connectivity index (χ3n) is 20.6. The lowest BCUT2D eigenvalue weighted by Crippen LogP contribution is -2.61. The molecular formula is C84H48B2N4O2S2. The number of hydrogen-bond donors (Lipinski definition) is 0. The highest BCUT2D eigenvalue weighted by Crippen LogP contribution is 2.53. The van der Waals surface area contributed by atoms with Crippen LogP contribution in [0.25, 0.3) is 95.3 Å². The lowest BCUT2D eigenvalue weighted by Gasteiger charge is -2.44. The zero-order valence-corrected chi connectivity index (χ0v) is 51.9. The van der Waals surface area contributed by atoms with Gasteiger partial charge in [-0.05, 0) is 160 Å². The van der Waals surface area contributed by atoms with Crippen LogP contribution in [0.1, 0.15) is 0 Å². The zero-order valence-electron chi connectivity index (χ0n) is 50.3. The second-order valence-corrected chi connectivity index (χ2v) is 27.5. The van der Waals surface area contributed by atoms with Gasteiger partial charge in [0.15, 0.2) is 0 Å². The summed E-state index contributed by atoms with van der Waals surface area (Å²) in [6, 6.07) is 108. The number of furan rings is 2. The molecule has 0 bridgehead atoms. The Morgan fingerprint density at radius 1 is 0.266 bits per heavy atom. The van der Waals surface area contributed by atoms with Crippen LogP contribution < -0.4 is 52.4 Å². The molecule has 4 aliphatic heterocycles. The van der Waals surface area contributed by atoms with Gasteiger partial charge < -0.3 is 28.4 Å². The number of nitrogens with zero attached hydrogens (tertiary/aromatic N) is 4. The highest BCUT2D eigenvalue weighted by molar-refractivity contribution is 7.26. The van der Waals surface area contributed by atoms with Crippen LogP contribution >= 0.6 is 22.7 Å². The molecule has 434 valence electrons. The molecule has 22 rings (SSSR count). The molecule has 0 fully saturated rings. The van der Waals surface area contributed by atoms with Crippen LogP contribution in [0.15, 0.2) is 300 Å². The fraction of sp³-hybridized carbons (Fsp3) is 0. The Labute approximate surface area is 548 Å². The largest absolute Gasteiger partial charge is 0.456 e. The first kappa shape index (κ1) is 51.1. The summed E-state index contributed by atoms with van der Waals surface area (Å²) in [5.74, 6) is 0. The number of fused-ring (bicyclic) bond motifs is 20. The van der Waals surface area contributed by atoms with E-state index >= 15 is 0 Å². The average Bonchev–Trinajstić information content (AvgIpc) is 0.823. The maximum Gasteiger partial charge on any atom is 0.252 e. The Morgan fingerprint density at radius 2 is 0.734 bits per heavy atom. The second kappa shape index (κ2) is 19.0. The van der Waals surface area contributed by atoms with E-state index in [0.717, 1.165) is 101 Å². The molecule has 0 N–H and O–H groups in total. The number of benzene rings is 14. The summed E-state index contributed by atoms with van der Waals surface area (Å²) in [6.07, 6.45) is 0. The van der Waals surface area contributed by atoms with E-state index in [4.69, 9.17) is 8.83 Å².